The van der Waals surface area contributed by atoms with Crippen molar-refractivity contribution in [3.63, 3.8) is 0 Å². The van der Waals surface area contributed by atoms with E-state index in [9.17, 15) is 13.2 Å². The van der Waals surface area contributed by atoms with Crippen molar-refractivity contribution in [2.75, 3.05) is 24.3 Å². The van der Waals surface area contributed by atoms with Crippen molar-refractivity contribution in [1.29, 1.82) is 0 Å². The zero-order chi connectivity index (χ0) is 19.3. The van der Waals surface area contributed by atoms with Crippen molar-refractivity contribution in [1.82, 2.24) is 20.0 Å². The first kappa shape index (κ1) is 21.4. The average Bonchev–Trinajstić information content (AvgIpc) is 3.24. The fourth-order valence-electron chi connectivity index (χ4n) is 2.26. The number of hydrogen-bond acceptors (Lipinski definition) is 8. The van der Waals surface area contributed by atoms with Gasteiger partial charge in [0.25, 0.3) is 10.0 Å². The van der Waals surface area contributed by atoms with Crippen LogP contribution in [0.3, 0.4) is 0 Å². The first-order valence-corrected chi connectivity index (χ1v) is 11.8. The predicted molar refractivity (Wildman–Crippen MR) is 103 cm³/mol. The number of carbonyl (C=O) groups excluding carboxylic acids is 1. The second-order valence-electron chi connectivity index (χ2n) is 6.05. The first-order valence-electron chi connectivity index (χ1n) is 8.43. The monoisotopic (exact) mass is 423 g/mol. The summed E-state index contributed by atoms with van der Waals surface area (Å²) in [7, 11) is -2.23. The van der Waals surface area contributed by atoms with E-state index in [1.807, 2.05) is 20.8 Å². The standard InChI is InChI=1S/C14H25N5O4S3/c1-5-8-23-18(4)14(20)19(10(2)3)12-15-16-13(25-12)26(21,22)17-11-7-6-9-24-11/h10-11,17H,5-9H2,1-4H3. The van der Waals surface area contributed by atoms with Gasteiger partial charge in [-0.1, -0.05) is 18.3 Å². The Morgan fingerprint density at radius 3 is 2.73 bits per heavy atom. The first-order chi connectivity index (χ1) is 12.3. The van der Waals surface area contributed by atoms with Gasteiger partial charge < -0.3 is 0 Å². The van der Waals surface area contributed by atoms with Gasteiger partial charge in [-0.3, -0.25) is 9.74 Å². The lowest BCUT2D eigenvalue weighted by atomic mass is 10.3. The summed E-state index contributed by atoms with van der Waals surface area (Å²) >= 11 is 2.45. The van der Waals surface area contributed by atoms with Gasteiger partial charge in [0.2, 0.25) is 9.47 Å². The van der Waals surface area contributed by atoms with E-state index >= 15 is 0 Å². The quantitative estimate of drug-likeness (QED) is 0.505. The van der Waals surface area contributed by atoms with Crippen molar-refractivity contribution in [3.8, 4) is 0 Å². The SMILES string of the molecule is CCCON(C)C(=O)N(c1nnc(S(=O)(=O)NC2CCCS2)s1)C(C)C. The van der Waals surface area contributed by atoms with E-state index in [0.717, 1.165) is 41.4 Å². The number of hydrogen-bond donors (Lipinski definition) is 1. The highest BCUT2D eigenvalue weighted by Crippen LogP contribution is 2.29. The van der Waals surface area contributed by atoms with Crippen molar-refractivity contribution in [2.24, 2.45) is 0 Å². The number of anilines is 1. The van der Waals surface area contributed by atoms with Crippen molar-refractivity contribution in [3.05, 3.63) is 0 Å². The van der Waals surface area contributed by atoms with Crippen molar-refractivity contribution < 1.29 is 18.0 Å². The molecule has 1 N–H and O–H groups in total. The lowest BCUT2D eigenvalue weighted by Crippen LogP contribution is -2.45. The number of amides is 2. The van der Waals surface area contributed by atoms with Gasteiger partial charge in [-0.25, -0.2) is 18.3 Å². The number of urea groups is 1. The van der Waals surface area contributed by atoms with Crippen molar-refractivity contribution in [2.45, 2.75) is 55.8 Å². The number of nitrogens with zero attached hydrogens (tertiary/aromatic N) is 4. The Morgan fingerprint density at radius 1 is 1.42 bits per heavy atom. The molecule has 2 amide bonds. The number of thioether (sulfide) groups is 1. The zero-order valence-electron chi connectivity index (χ0n) is 15.3. The van der Waals surface area contributed by atoms with E-state index in [1.165, 1.54) is 11.9 Å². The molecule has 1 aliphatic rings. The summed E-state index contributed by atoms with van der Waals surface area (Å²) in [5, 5.41) is 8.94. The Balaban J connectivity index is 2.17. The Morgan fingerprint density at radius 2 is 2.15 bits per heavy atom. The van der Waals surface area contributed by atoms with Crippen LogP contribution in [0.25, 0.3) is 0 Å². The number of hydroxylamine groups is 2. The fraction of sp³-hybridized carbons (Fsp3) is 0.786. The molecule has 0 aliphatic carbocycles. The van der Waals surface area contributed by atoms with Gasteiger partial charge in [-0.05, 0) is 38.9 Å². The molecule has 12 heteroatoms. The maximum atomic E-state index is 12.6. The number of rotatable bonds is 8. The molecule has 1 aromatic rings. The molecule has 1 unspecified atom stereocenters. The lowest BCUT2D eigenvalue weighted by molar-refractivity contribution is -0.0959. The minimum Gasteiger partial charge on any atom is -0.270 e. The molecule has 2 heterocycles. The smallest absolute Gasteiger partial charge is 0.270 e. The topological polar surface area (TPSA) is 105 Å². The molecule has 0 spiro atoms. The van der Waals surface area contributed by atoms with Gasteiger partial charge in [-0.15, -0.1) is 22.0 Å². The minimum absolute atomic E-state index is 0.135. The van der Waals surface area contributed by atoms with Crippen LogP contribution in [0.2, 0.25) is 0 Å². The molecule has 0 saturated carbocycles. The third kappa shape index (κ3) is 5.28. The highest BCUT2D eigenvalue weighted by Gasteiger charge is 2.31. The molecular formula is C14H25N5O4S3. The maximum absolute atomic E-state index is 12.6. The van der Waals surface area contributed by atoms with Gasteiger partial charge in [0, 0.05) is 13.1 Å². The molecule has 26 heavy (non-hydrogen) atoms. The van der Waals surface area contributed by atoms with Gasteiger partial charge in [0.15, 0.2) is 0 Å². The molecular weight excluding hydrogens is 398 g/mol. The number of nitrogens with one attached hydrogen (secondary N) is 1. The summed E-state index contributed by atoms with van der Waals surface area (Å²) in [4.78, 5) is 19.3. The highest BCUT2D eigenvalue weighted by atomic mass is 32.2. The van der Waals surface area contributed by atoms with Crippen molar-refractivity contribution >= 4 is 44.3 Å². The Labute approximate surface area is 162 Å². The summed E-state index contributed by atoms with van der Waals surface area (Å²) in [6, 6.07) is -0.662. The molecule has 1 aliphatic heterocycles. The third-order valence-corrected chi connectivity index (χ3v) is 7.72. The van der Waals surface area contributed by atoms with Gasteiger partial charge in [0.05, 0.1) is 12.0 Å². The lowest BCUT2D eigenvalue weighted by Gasteiger charge is -2.28. The van der Waals surface area contributed by atoms with Crippen LogP contribution >= 0.6 is 23.1 Å². The molecule has 1 fully saturated rings. The molecule has 0 radical (unpaired) electrons. The second kappa shape index (κ2) is 9.31. The molecule has 0 bridgehead atoms. The van der Waals surface area contributed by atoms with E-state index in [1.54, 1.807) is 11.8 Å². The Kier molecular flexibility index (Phi) is 7.64. The zero-order valence-corrected chi connectivity index (χ0v) is 17.8. The van der Waals surface area contributed by atoms with E-state index in [2.05, 4.69) is 14.9 Å². The van der Waals surface area contributed by atoms with Gasteiger partial charge >= 0.3 is 6.03 Å². The molecule has 1 aromatic heterocycles. The minimum atomic E-state index is -3.75. The highest BCUT2D eigenvalue weighted by molar-refractivity contribution is 8.01. The molecule has 148 valence electrons. The largest absolute Gasteiger partial charge is 0.350 e. The van der Waals surface area contributed by atoms with E-state index in [-0.39, 0.29) is 20.9 Å². The maximum Gasteiger partial charge on any atom is 0.350 e. The summed E-state index contributed by atoms with van der Waals surface area (Å²) < 4.78 is 27.5. The fourth-order valence-corrected chi connectivity index (χ4v) is 6.09. The van der Waals surface area contributed by atoms with E-state index in [4.69, 9.17) is 4.84 Å². The van der Waals surface area contributed by atoms with E-state index in [0.29, 0.717) is 6.61 Å². The van der Waals surface area contributed by atoms with Crippen LogP contribution in [-0.4, -0.2) is 60.5 Å². The van der Waals surface area contributed by atoms with Crippen LogP contribution < -0.4 is 9.62 Å². The van der Waals surface area contributed by atoms with E-state index < -0.39 is 16.1 Å². The van der Waals surface area contributed by atoms with Crippen LogP contribution in [0.15, 0.2) is 4.34 Å². The van der Waals surface area contributed by atoms with Gasteiger partial charge in [0.1, 0.15) is 0 Å². The van der Waals surface area contributed by atoms with Crippen LogP contribution in [0.4, 0.5) is 9.93 Å². The summed E-state index contributed by atoms with van der Waals surface area (Å²) in [6.45, 7) is 5.98. The van der Waals surface area contributed by atoms with Gasteiger partial charge in [-0.2, -0.15) is 4.72 Å². The Hall–Kier alpha value is -0.950. The molecule has 0 aromatic carbocycles. The number of sulfonamides is 1. The molecule has 1 atom stereocenters. The van der Waals surface area contributed by atoms with Crippen LogP contribution in [0, 0.1) is 0 Å². The summed E-state index contributed by atoms with van der Waals surface area (Å²) in [5.41, 5.74) is 0. The normalized spacial score (nSPS) is 17.7. The molecule has 9 nitrogen and oxygen atoms in total. The number of carbonyl (C=O) groups is 1. The Bertz CT molecular complexity index is 703. The third-order valence-electron chi connectivity index (χ3n) is 3.53. The average molecular weight is 424 g/mol. The van der Waals surface area contributed by atoms with Crippen LogP contribution in [0.5, 0.6) is 0 Å². The molecule has 2 rings (SSSR count). The van der Waals surface area contributed by atoms with Crippen LogP contribution in [0.1, 0.15) is 40.0 Å². The second-order valence-corrected chi connectivity index (χ2v) is 10.2. The summed E-state index contributed by atoms with van der Waals surface area (Å²) in [6.07, 6.45) is 2.55. The molecule has 1 saturated heterocycles. The van der Waals surface area contributed by atoms with Crippen LogP contribution in [-0.2, 0) is 14.9 Å². The summed E-state index contributed by atoms with van der Waals surface area (Å²) in [5.74, 6) is 0.939. The predicted octanol–water partition coefficient (Wildman–Crippen LogP) is 2.28. The number of aromatic nitrogens is 2.